The zero-order valence-corrected chi connectivity index (χ0v) is 11.8. The summed E-state index contributed by atoms with van der Waals surface area (Å²) < 4.78 is 0. The van der Waals surface area contributed by atoms with Gasteiger partial charge in [-0.3, -0.25) is 9.78 Å². The molecule has 6 nitrogen and oxygen atoms in total. The number of pyridine rings is 1. The van der Waals surface area contributed by atoms with Gasteiger partial charge in [-0.05, 0) is 19.1 Å². The lowest BCUT2D eigenvalue weighted by molar-refractivity contribution is 0.0678. The molecule has 2 aromatic rings. The smallest absolute Gasteiger partial charge is 0.338 e. The Labute approximate surface area is 119 Å². The van der Waals surface area contributed by atoms with Crippen molar-refractivity contribution >= 4 is 23.2 Å². The third-order valence-electron chi connectivity index (χ3n) is 2.65. The fraction of sp³-hybridized carbons (Fsp3) is 0.231. The van der Waals surface area contributed by atoms with Crippen LogP contribution in [0.2, 0.25) is 0 Å². The summed E-state index contributed by atoms with van der Waals surface area (Å²) in [6.45, 7) is 2.26. The van der Waals surface area contributed by atoms with E-state index in [9.17, 15) is 9.59 Å². The number of thiazole rings is 1. The van der Waals surface area contributed by atoms with Crippen LogP contribution >= 0.6 is 11.3 Å². The molecule has 0 bridgehead atoms. The van der Waals surface area contributed by atoms with Crippen LogP contribution in [0.5, 0.6) is 0 Å². The Bertz CT molecular complexity index is 654. The number of aromatic nitrogens is 2. The topological polar surface area (TPSA) is 83.4 Å². The van der Waals surface area contributed by atoms with Crippen molar-refractivity contribution in [2.75, 3.05) is 7.05 Å². The molecule has 0 saturated heterocycles. The number of aryl methyl sites for hydroxylation is 1. The number of carboxylic acid groups (broad SMARTS) is 1. The van der Waals surface area contributed by atoms with Gasteiger partial charge in [0.25, 0.3) is 5.91 Å². The fourth-order valence-corrected chi connectivity index (χ4v) is 2.56. The van der Waals surface area contributed by atoms with E-state index in [1.165, 1.54) is 34.6 Å². The van der Waals surface area contributed by atoms with E-state index >= 15 is 0 Å². The zero-order valence-electron chi connectivity index (χ0n) is 11.0. The molecule has 2 heterocycles. The van der Waals surface area contributed by atoms with E-state index in [1.807, 2.05) is 6.92 Å². The summed E-state index contributed by atoms with van der Waals surface area (Å²) in [5.41, 5.74) is -0.145. The molecular formula is C13H13N3O3S. The summed E-state index contributed by atoms with van der Waals surface area (Å²) in [6, 6.07) is 2.86. The molecule has 20 heavy (non-hydrogen) atoms. The number of rotatable bonds is 4. The summed E-state index contributed by atoms with van der Waals surface area (Å²) >= 11 is 1.50. The standard InChI is InChI=1S/C13H13N3O3S/c1-8-15-6-9(20-8)7-16(2)12(17)11-10(13(18)19)4-3-5-14-11/h3-6H,7H2,1-2H3,(H,18,19). The third kappa shape index (κ3) is 3.00. The largest absolute Gasteiger partial charge is 0.478 e. The SMILES string of the molecule is Cc1ncc(CN(C)C(=O)c2ncccc2C(=O)O)s1. The summed E-state index contributed by atoms with van der Waals surface area (Å²) in [5.74, 6) is -1.59. The van der Waals surface area contributed by atoms with Gasteiger partial charge in [-0.1, -0.05) is 0 Å². The molecule has 0 fully saturated rings. The van der Waals surface area contributed by atoms with E-state index in [-0.39, 0.29) is 11.3 Å². The molecule has 0 unspecified atom stereocenters. The van der Waals surface area contributed by atoms with Crippen molar-refractivity contribution in [2.45, 2.75) is 13.5 Å². The number of carbonyl (C=O) groups is 2. The van der Waals surface area contributed by atoms with Crippen LogP contribution in [0.1, 0.15) is 30.7 Å². The predicted octanol–water partition coefficient (Wildman–Crippen LogP) is 1.82. The van der Waals surface area contributed by atoms with Crippen molar-refractivity contribution in [2.24, 2.45) is 0 Å². The first-order valence-electron chi connectivity index (χ1n) is 5.84. The molecule has 0 aliphatic carbocycles. The van der Waals surface area contributed by atoms with Crippen LogP contribution in [0.15, 0.2) is 24.5 Å². The lowest BCUT2D eigenvalue weighted by Crippen LogP contribution is -2.28. The van der Waals surface area contributed by atoms with E-state index in [2.05, 4.69) is 9.97 Å². The average molecular weight is 291 g/mol. The quantitative estimate of drug-likeness (QED) is 0.929. The molecule has 7 heteroatoms. The highest BCUT2D eigenvalue weighted by Crippen LogP contribution is 2.15. The van der Waals surface area contributed by atoms with E-state index in [4.69, 9.17) is 5.11 Å². The molecule has 104 valence electrons. The van der Waals surface area contributed by atoms with Crippen LogP contribution < -0.4 is 0 Å². The van der Waals surface area contributed by atoms with Gasteiger partial charge < -0.3 is 10.0 Å². The van der Waals surface area contributed by atoms with Gasteiger partial charge in [0, 0.05) is 24.3 Å². The molecule has 2 rings (SSSR count). The van der Waals surface area contributed by atoms with Crippen LogP contribution in [-0.2, 0) is 6.54 Å². The summed E-state index contributed by atoms with van der Waals surface area (Å²) in [7, 11) is 1.61. The minimum absolute atomic E-state index is 0.0521. The Hall–Kier alpha value is -2.28. The van der Waals surface area contributed by atoms with Crippen molar-refractivity contribution in [1.29, 1.82) is 0 Å². The van der Waals surface area contributed by atoms with E-state index < -0.39 is 11.9 Å². The Balaban J connectivity index is 2.20. The van der Waals surface area contributed by atoms with Gasteiger partial charge in [-0.2, -0.15) is 0 Å². The molecule has 1 N–H and O–H groups in total. The molecule has 1 amide bonds. The van der Waals surface area contributed by atoms with Crippen LogP contribution in [-0.4, -0.2) is 38.9 Å². The maximum absolute atomic E-state index is 12.3. The monoisotopic (exact) mass is 291 g/mol. The average Bonchev–Trinajstić information content (AvgIpc) is 2.83. The van der Waals surface area contributed by atoms with E-state index in [1.54, 1.807) is 13.2 Å². The lowest BCUT2D eigenvalue weighted by Gasteiger charge is -2.16. The first-order valence-corrected chi connectivity index (χ1v) is 6.65. The number of carbonyl (C=O) groups excluding carboxylic acids is 1. The Kier molecular flexibility index (Phi) is 4.09. The molecule has 2 aromatic heterocycles. The Morgan fingerprint density at radius 2 is 2.15 bits per heavy atom. The molecule has 0 spiro atoms. The van der Waals surface area contributed by atoms with Gasteiger partial charge >= 0.3 is 5.97 Å². The van der Waals surface area contributed by atoms with Crippen LogP contribution in [0.4, 0.5) is 0 Å². The second-order valence-corrected chi connectivity index (χ2v) is 5.53. The van der Waals surface area contributed by atoms with Gasteiger partial charge in [0.05, 0.1) is 17.1 Å². The first kappa shape index (κ1) is 14.1. The maximum atomic E-state index is 12.3. The number of carboxylic acids is 1. The number of aromatic carboxylic acids is 1. The number of hydrogen-bond donors (Lipinski definition) is 1. The van der Waals surface area contributed by atoms with E-state index in [0.29, 0.717) is 6.54 Å². The summed E-state index contributed by atoms with van der Waals surface area (Å²) in [4.78, 5) is 33.7. The van der Waals surface area contributed by atoms with Gasteiger partial charge in [-0.25, -0.2) is 9.78 Å². The number of hydrogen-bond acceptors (Lipinski definition) is 5. The summed E-state index contributed by atoms with van der Waals surface area (Å²) in [5, 5.41) is 9.99. The van der Waals surface area contributed by atoms with E-state index in [0.717, 1.165) is 9.88 Å². The molecule has 0 radical (unpaired) electrons. The Morgan fingerprint density at radius 1 is 1.40 bits per heavy atom. The molecular weight excluding hydrogens is 278 g/mol. The highest BCUT2D eigenvalue weighted by atomic mass is 32.1. The maximum Gasteiger partial charge on any atom is 0.338 e. The van der Waals surface area contributed by atoms with Crippen molar-refractivity contribution in [3.05, 3.63) is 45.7 Å². The van der Waals surface area contributed by atoms with Crippen molar-refractivity contribution in [3.8, 4) is 0 Å². The molecule has 0 aliphatic heterocycles. The van der Waals surface area contributed by atoms with Crippen molar-refractivity contribution < 1.29 is 14.7 Å². The Morgan fingerprint density at radius 3 is 2.75 bits per heavy atom. The molecule has 0 aromatic carbocycles. The van der Waals surface area contributed by atoms with Crippen molar-refractivity contribution in [3.63, 3.8) is 0 Å². The number of amides is 1. The predicted molar refractivity (Wildman–Crippen MR) is 73.8 cm³/mol. The molecule has 0 saturated carbocycles. The fourth-order valence-electron chi connectivity index (χ4n) is 1.71. The van der Waals surface area contributed by atoms with Crippen LogP contribution in [0.25, 0.3) is 0 Å². The molecule has 0 atom stereocenters. The lowest BCUT2D eigenvalue weighted by atomic mass is 10.2. The molecule has 0 aliphatic rings. The summed E-state index contributed by atoms with van der Waals surface area (Å²) in [6.07, 6.45) is 3.12. The first-order chi connectivity index (χ1) is 9.49. The van der Waals surface area contributed by atoms with Crippen molar-refractivity contribution in [1.82, 2.24) is 14.9 Å². The van der Waals surface area contributed by atoms with Gasteiger partial charge in [0.2, 0.25) is 0 Å². The van der Waals surface area contributed by atoms with Crippen LogP contribution in [0.3, 0.4) is 0 Å². The number of nitrogens with zero attached hydrogens (tertiary/aromatic N) is 3. The third-order valence-corrected chi connectivity index (χ3v) is 3.55. The zero-order chi connectivity index (χ0) is 14.7. The minimum atomic E-state index is -1.16. The highest BCUT2D eigenvalue weighted by Gasteiger charge is 2.21. The van der Waals surface area contributed by atoms with Gasteiger partial charge in [-0.15, -0.1) is 11.3 Å². The second-order valence-electron chi connectivity index (χ2n) is 4.21. The van der Waals surface area contributed by atoms with Crippen LogP contribution in [0, 0.1) is 6.92 Å². The van der Waals surface area contributed by atoms with Gasteiger partial charge in [0.1, 0.15) is 5.69 Å². The second kappa shape index (κ2) is 5.79. The normalized spacial score (nSPS) is 10.3. The minimum Gasteiger partial charge on any atom is -0.478 e. The highest BCUT2D eigenvalue weighted by molar-refractivity contribution is 7.11. The van der Waals surface area contributed by atoms with Gasteiger partial charge in [0.15, 0.2) is 0 Å².